The monoisotopic (exact) mass is 446 g/mol. The molecule has 3 unspecified atom stereocenters. The number of hydrogen-bond acceptors (Lipinski definition) is 1. The minimum absolute atomic E-state index is 0.0167. The Morgan fingerprint density at radius 1 is 0.581 bits per heavy atom. The summed E-state index contributed by atoms with van der Waals surface area (Å²) < 4.78 is 61.4. The van der Waals surface area contributed by atoms with Crippen molar-refractivity contribution < 1.29 is 22.3 Å². The zero-order valence-electron chi connectivity index (χ0n) is 19.2. The Hall–Kier alpha value is -0.320. The molecule has 3 atom stereocenters. The third kappa shape index (κ3) is 5.98. The van der Waals surface area contributed by atoms with Gasteiger partial charge >= 0.3 is 6.11 Å². The zero-order valence-corrected chi connectivity index (χ0v) is 19.2. The van der Waals surface area contributed by atoms with E-state index in [4.69, 9.17) is 4.74 Å². The molecule has 0 aromatic carbocycles. The highest BCUT2D eigenvalue weighted by molar-refractivity contribution is 4.88. The molecule has 0 amide bonds. The fourth-order valence-electron chi connectivity index (χ4n) is 7.24. The normalized spacial score (nSPS) is 45.4. The van der Waals surface area contributed by atoms with Crippen molar-refractivity contribution in [1.29, 1.82) is 0 Å². The van der Waals surface area contributed by atoms with Crippen molar-refractivity contribution in [3.63, 3.8) is 0 Å². The van der Waals surface area contributed by atoms with Gasteiger partial charge < -0.3 is 4.74 Å². The van der Waals surface area contributed by atoms with Crippen LogP contribution in [0.1, 0.15) is 103 Å². The van der Waals surface area contributed by atoms with Crippen LogP contribution in [-0.4, -0.2) is 24.6 Å². The van der Waals surface area contributed by atoms with Crippen molar-refractivity contribution in [2.24, 2.45) is 35.5 Å². The van der Waals surface area contributed by atoms with Gasteiger partial charge in [0, 0.05) is 6.42 Å². The first-order valence-electron chi connectivity index (χ1n) is 13.2. The zero-order chi connectivity index (χ0) is 22.0. The molecule has 4 aliphatic rings. The lowest BCUT2D eigenvalue weighted by atomic mass is 9.65. The van der Waals surface area contributed by atoms with Crippen LogP contribution in [0.15, 0.2) is 0 Å². The summed E-state index contributed by atoms with van der Waals surface area (Å²) >= 11 is 0. The van der Waals surface area contributed by atoms with E-state index in [1.54, 1.807) is 0 Å². The Kier molecular flexibility index (Phi) is 7.92. The first-order valence-corrected chi connectivity index (χ1v) is 13.2. The third-order valence-corrected chi connectivity index (χ3v) is 9.43. The fourth-order valence-corrected chi connectivity index (χ4v) is 7.24. The third-order valence-electron chi connectivity index (χ3n) is 9.43. The smallest absolute Gasteiger partial charge is 0.317 e. The molecule has 4 rings (SSSR count). The highest BCUT2D eigenvalue weighted by Gasteiger charge is 2.47. The summed E-state index contributed by atoms with van der Waals surface area (Å²) in [7, 11) is 0. The van der Waals surface area contributed by atoms with Crippen molar-refractivity contribution in [2.45, 2.75) is 128 Å². The van der Waals surface area contributed by atoms with E-state index in [0.29, 0.717) is 24.7 Å². The molecule has 0 aromatic heterocycles. The van der Waals surface area contributed by atoms with E-state index in [2.05, 4.69) is 6.92 Å². The molecule has 1 nitrogen and oxygen atoms in total. The molecule has 0 aromatic rings. The van der Waals surface area contributed by atoms with Crippen LogP contribution in [0.2, 0.25) is 0 Å². The molecule has 5 heteroatoms. The summed E-state index contributed by atoms with van der Waals surface area (Å²) in [6.45, 7) is 2.38. The number of alkyl halides is 4. The number of rotatable bonds is 5. The summed E-state index contributed by atoms with van der Waals surface area (Å²) in [5, 5.41) is 0. The van der Waals surface area contributed by atoms with Crippen LogP contribution < -0.4 is 0 Å². The Morgan fingerprint density at radius 2 is 1.03 bits per heavy atom. The van der Waals surface area contributed by atoms with Gasteiger partial charge in [-0.2, -0.15) is 8.78 Å². The molecule has 4 aliphatic carbocycles. The first kappa shape index (κ1) is 23.8. The highest BCUT2D eigenvalue weighted by atomic mass is 19.3. The van der Waals surface area contributed by atoms with Gasteiger partial charge in [0.15, 0.2) is 0 Å². The Labute approximate surface area is 186 Å². The number of halogens is 4. The largest absolute Gasteiger partial charge is 0.358 e. The lowest BCUT2D eigenvalue weighted by Gasteiger charge is -2.42. The van der Waals surface area contributed by atoms with Gasteiger partial charge in [0.05, 0.1) is 12.0 Å². The summed E-state index contributed by atoms with van der Waals surface area (Å²) in [5.41, 5.74) is 0. The van der Waals surface area contributed by atoms with E-state index in [1.165, 1.54) is 51.4 Å². The van der Waals surface area contributed by atoms with Gasteiger partial charge in [-0.15, -0.1) is 0 Å². The molecular weight excluding hydrogens is 404 g/mol. The van der Waals surface area contributed by atoms with Crippen LogP contribution in [0.3, 0.4) is 0 Å². The van der Waals surface area contributed by atoms with Gasteiger partial charge in [-0.1, -0.05) is 19.8 Å². The molecule has 0 bridgehead atoms. The SMILES string of the molecule is CC1CCC(C2CCC(C3CCC(C(F)(F)OC4CCC(F)C(F)C4)CC3)CC2)CC1. The maximum absolute atomic E-state index is 14.7. The van der Waals surface area contributed by atoms with E-state index in [9.17, 15) is 17.6 Å². The molecule has 31 heavy (non-hydrogen) atoms. The molecule has 4 fully saturated rings. The molecule has 0 heterocycles. The summed E-state index contributed by atoms with van der Waals surface area (Å²) in [6.07, 6.45) is 6.23. The molecule has 0 spiro atoms. The lowest BCUT2D eigenvalue weighted by Crippen LogP contribution is -2.42. The fraction of sp³-hybridized carbons (Fsp3) is 1.00. The maximum Gasteiger partial charge on any atom is 0.358 e. The predicted molar refractivity (Wildman–Crippen MR) is 115 cm³/mol. The van der Waals surface area contributed by atoms with Crippen molar-refractivity contribution in [3.05, 3.63) is 0 Å². The second kappa shape index (κ2) is 10.3. The van der Waals surface area contributed by atoms with Crippen molar-refractivity contribution in [3.8, 4) is 0 Å². The second-order valence-corrected chi connectivity index (χ2v) is 11.5. The molecule has 0 N–H and O–H groups in total. The standard InChI is InChI=1S/C26H42F4O/c1-17-2-4-18(5-3-17)19-6-8-20(9-7-19)21-10-12-22(13-11-21)26(29,30)31-23-14-15-24(27)25(28)16-23/h17-25H,2-16H2,1H3. The van der Waals surface area contributed by atoms with Gasteiger partial charge in [-0.25, -0.2) is 8.78 Å². The summed E-state index contributed by atoms with van der Waals surface area (Å²) in [6, 6.07) is 0. The Morgan fingerprint density at radius 3 is 1.52 bits per heavy atom. The summed E-state index contributed by atoms with van der Waals surface area (Å²) in [5.74, 6) is 3.25. The highest BCUT2D eigenvalue weighted by Crippen LogP contribution is 2.48. The predicted octanol–water partition coefficient (Wildman–Crippen LogP) is 8.26. The van der Waals surface area contributed by atoms with Gasteiger partial charge in [-0.3, -0.25) is 0 Å². The maximum atomic E-state index is 14.7. The molecule has 180 valence electrons. The molecule has 0 radical (unpaired) electrons. The van der Waals surface area contributed by atoms with E-state index in [0.717, 1.165) is 30.6 Å². The quantitative estimate of drug-likeness (QED) is 0.386. The number of ether oxygens (including phenoxy) is 1. The van der Waals surface area contributed by atoms with E-state index < -0.39 is 30.5 Å². The van der Waals surface area contributed by atoms with Crippen LogP contribution in [-0.2, 0) is 4.74 Å². The van der Waals surface area contributed by atoms with Crippen molar-refractivity contribution in [2.75, 3.05) is 0 Å². The van der Waals surface area contributed by atoms with Crippen molar-refractivity contribution >= 4 is 0 Å². The molecular formula is C26H42F4O. The minimum atomic E-state index is -3.21. The minimum Gasteiger partial charge on any atom is -0.317 e. The summed E-state index contributed by atoms with van der Waals surface area (Å²) in [4.78, 5) is 0. The Balaban J connectivity index is 1.19. The van der Waals surface area contributed by atoms with E-state index in [-0.39, 0.29) is 19.3 Å². The van der Waals surface area contributed by atoms with E-state index in [1.807, 2.05) is 0 Å². The topological polar surface area (TPSA) is 9.23 Å². The van der Waals surface area contributed by atoms with Crippen LogP contribution in [0, 0.1) is 35.5 Å². The number of hydrogen-bond donors (Lipinski definition) is 0. The lowest BCUT2D eigenvalue weighted by molar-refractivity contribution is -0.304. The Bertz CT molecular complexity index is 546. The average molecular weight is 447 g/mol. The molecule has 0 saturated heterocycles. The first-order chi connectivity index (χ1) is 14.8. The second-order valence-electron chi connectivity index (χ2n) is 11.5. The van der Waals surface area contributed by atoms with Gasteiger partial charge in [0.25, 0.3) is 0 Å². The van der Waals surface area contributed by atoms with Gasteiger partial charge in [-0.05, 0) is 107 Å². The van der Waals surface area contributed by atoms with Crippen LogP contribution in [0.25, 0.3) is 0 Å². The molecule has 0 aliphatic heterocycles. The molecule has 4 saturated carbocycles. The van der Waals surface area contributed by atoms with Gasteiger partial charge in [0.2, 0.25) is 0 Å². The van der Waals surface area contributed by atoms with Crippen LogP contribution in [0.5, 0.6) is 0 Å². The van der Waals surface area contributed by atoms with Gasteiger partial charge in [0.1, 0.15) is 12.3 Å². The van der Waals surface area contributed by atoms with Crippen LogP contribution >= 0.6 is 0 Å². The van der Waals surface area contributed by atoms with E-state index >= 15 is 0 Å². The van der Waals surface area contributed by atoms with Crippen molar-refractivity contribution in [1.82, 2.24) is 0 Å². The van der Waals surface area contributed by atoms with Crippen LogP contribution in [0.4, 0.5) is 17.6 Å². The average Bonchev–Trinajstić information content (AvgIpc) is 2.77.